The molecule has 0 spiro atoms. The van der Waals surface area contributed by atoms with Crippen LogP contribution in [0.15, 0.2) is 41.3 Å². The summed E-state index contributed by atoms with van der Waals surface area (Å²) in [6.45, 7) is 11.1. The molecule has 0 saturated carbocycles. The second kappa shape index (κ2) is 7.82. The molecular weight excluding hydrogens is 360 g/mol. The molecule has 6 heteroatoms. The number of carbonyl (C=O) groups excluding carboxylic acids is 1. The molecule has 0 saturated heterocycles. The maximum Gasteiger partial charge on any atom is 0.255 e. The van der Waals surface area contributed by atoms with Crippen molar-refractivity contribution in [2.45, 2.75) is 58.4 Å². The molecule has 0 bridgehead atoms. The van der Waals surface area contributed by atoms with E-state index in [1.165, 1.54) is 12.1 Å². The van der Waals surface area contributed by atoms with Crippen LogP contribution in [0.4, 0.5) is 5.69 Å². The van der Waals surface area contributed by atoms with Crippen LogP contribution >= 0.6 is 0 Å². The van der Waals surface area contributed by atoms with Crippen LogP contribution in [0.5, 0.6) is 0 Å². The van der Waals surface area contributed by atoms with Crippen molar-refractivity contribution < 1.29 is 13.2 Å². The average molecular weight is 389 g/mol. The van der Waals surface area contributed by atoms with Gasteiger partial charge in [0.25, 0.3) is 5.91 Å². The summed E-state index contributed by atoms with van der Waals surface area (Å²) in [5.41, 5.74) is 3.25. The minimum Gasteiger partial charge on any atom is -0.321 e. The third kappa shape index (κ3) is 5.17. The Morgan fingerprint density at radius 2 is 1.70 bits per heavy atom. The summed E-state index contributed by atoms with van der Waals surface area (Å²) in [5, 5.41) is 2.96. The standard InChI is InChI=1S/C21H28N2O3S/c1-7-16-10-8-9-15(3)19(16)22-20(24)18-13-17(12-11-14(18)2)27(25,26)23-21(4,5)6/h8-13,23H,7H2,1-6H3,(H,22,24). The van der Waals surface area contributed by atoms with Crippen LogP contribution in [0.25, 0.3) is 0 Å². The molecule has 0 fully saturated rings. The molecule has 2 aromatic rings. The highest BCUT2D eigenvalue weighted by Gasteiger charge is 2.23. The third-order valence-electron chi connectivity index (χ3n) is 4.18. The van der Waals surface area contributed by atoms with Crippen molar-refractivity contribution in [3.05, 3.63) is 58.7 Å². The Morgan fingerprint density at radius 3 is 2.30 bits per heavy atom. The summed E-state index contributed by atoms with van der Waals surface area (Å²) in [4.78, 5) is 13.0. The number of aryl methyl sites for hydroxylation is 3. The van der Waals surface area contributed by atoms with Gasteiger partial charge < -0.3 is 5.32 Å². The van der Waals surface area contributed by atoms with Gasteiger partial charge in [-0.25, -0.2) is 13.1 Å². The Hall–Kier alpha value is -2.18. The van der Waals surface area contributed by atoms with Crippen molar-refractivity contribution in [1.29, 1.82) is 0 Å². The Bertz CT molecular complexity index is 958. The first-order valence-electron chi connectivity index (χ1n) is 8.99. The van der Waals surface area contributed by atoms with E-state index in [-0.39, 0.29) is 10.8 Å². The molecule has 0 aliphatic rings. The van der Waals surface area contributed by atoms with Gasteiger partial charge in [0.1, 0.15) is 0 Å². The topological polar surface area (TPSA) is 75.3 Å². The SMILES string of the molecule is CCc1cccc(C)c1NC(=O)c1cc(S(=O)(=O)NC(C)(C)C)ccc1C. The monoisotopic (exact) mass is 388 g/mol. The molecule has 0 unspecified atom stereocenters. The summed E-state index contributed by atoms with van der Waals surface area (Å²) in [6.07, 6.45) is 0.792. The first-order chi connectivity index (χ1) is 12.4. The van der Waals surface area contributed by atoms with E-state index in [0.717, 1.165) is 23.2 Å². The van der Waals surface area contributed by atoms with E-state index in [2.05, 4.69) is 10.0 Å². The number of hydrogen-bond acceptors (Lipinski definition) is 3. The molecule has 27 heavy (non-hydrogen) atoms. The lowest BCUT2D eigenvalue weighted by Crippen LogP contribution is -2.40. The van der Waals surface area contributed by atoms with E-state index in [9.17, 15) is 13.2 Å². The van der Waals surface area contributed by atoms with Gasteiger partial charge >= 0.3 is 0 Å². The van der Waals surface area contributed by atoms with Crippen molar-refractivity contribution in [3.63, 3.8) is 0 Å². The van der Waals surface area contributed by atoms with Gasteiger partial charge in [-0.3, -0.25) is 4.79 Å². The number of carbonyl (C=O) groups is 1. The fourth-order valence-electron chi connectivity index (χ4n) is 2.86. The number of rotatable bonds is 5. The van der Waals surface area contributed by atoms with Crippen LogP contribution in [-0.4, -0.2) is 19.9 Å². The third-order valence-corrected chi connectivity index (χ3v) is 5.94. The Labute approximate surface area is 162 Å². The molecule has 0 heterocycles. The first kappa shape index (κ1) is 21.1. The summed E-state index contributed by atoms with van der Waals surface area (Å²) < 4.78 is 27.8. The second-order valence-corrected chi connectivity index (χ2v) is 9.43. The van der Waals surface area contributed by atoms with E-state index in [0.29, 0.717) is 11.1 Å². The lowest BCUT2D eigenvalue weighted by Gasteiger charge is -2.21. The minimum atomic E-state index is -3.71. The summed E-state index contributed by atoms with van der Waals surface area (Å²) in [7, 11) is -3.71. The van der Waals surface area contributed by atoms with E-state index in [4.69, 9.17) is 0 Å². The number of amides is 1. The molecule has 2 aromatic carbocycles. The van der Waals surface area contributed by atoms with Crippen molar-refractivity contribution in [1.82, 2.24) is 4.72 Å². The predicted octanol–water partition coefficient (Wildman–Crippen LogP) is 4.19. The maximum atomic E-state index is 12.9. The van der Waals surface area contributed by atoms with Crippen molar-refractivity contribution in [3.8, 4) is 0 Å². The zero-order valence-corrected chi connectivity index (χ0v) is 17.6. The molecule has 0 radical (unpaired) electrons. The number of hydrogen-bond donors (Lipinski definition) is 2. The Balaban J connectivity index is 2.41. The van der Waals surface area contributed by atoms with Gasteiger partial charge in [0, 0.05) is 16.8 Å². The summed E-state index contributed by atoms with van der Waals surface area (Å²) in [5.74, 6) is -0.315. The van der Waals surface area contributed by atoms with Gasteiger partial charge in [-0.15, -0.1) is 0 Å². The van der Waals surface area contributed by atoms with Crippen LogP contribution in [0.1, 0.15) is 54.7 Å². The number of sulfonamides is 1. The molecule has 2 rings (SSSR count). The predicted molar refractivity (Wildman–Crippen MR) is 110 cm³/mol. The van der Waals surface area contributed by atoms with Gasteiger partial charge in [-0.05, 0) is 69.9 Å². The summed E-state index contributed by atoms with van der Waals surface area (Å²) in [6, 6.07) is 10.5. The average Bonchev–Trinajstić information content (AvgIpc) is 2.54. The number of nitrogens with one attached hydrogen (secondary N) is 2. The van der Waals surface area contributed by atoms with E-state index in [1.807, 2.05) is 32.0 Å². The molecule has 0 atom stereocenters. The molecule has 5 nitrogen and oxygen atoms in total. The quantitative estimate of drug-likeness (QED) is 0.806. The number of benzene rings is 2. The van der Waals surface area contributed by atoms with Gasteiger partial charge in [-0.2, -0.15) is 0 Å². The second-order valence-electron chi connectivity index (χ2n) is 7.75. The highest BCUT2D eigenvalue weighted by Crippen LogP contribution is 2.24. The van der Waals surface area contributed by atoms with Gasteiger partial charge in [-0.1, -0.05) is 31.2 Å². The Kier molecular flexibility index (Phi) is 6.12. The normalized spacial score (nSPS) is 12.1. The smallest absolute Gasteiger partial charge is 0.255 e. The van der Waals surface area contributed by atoms with Gasteiger partial charge in [0.2, 0.25) is 10.0 Å². The number of para-hydroxylation sites is 1. The van der Waals surface area contributed by atoms with Crippen molar-refractivity contribution in [2.75, 3.05) is 5.32 Å². The van der Waals surface area contributed by atoms with E-state index < -0.39 is 15.6 Å². The fourth-order valence-corrected chi connectivity index (χ4v) is 4.30. The first-order valence-corrected chi connectivity index (χ1v) is 10.5. The molecule has 2 N–H and O–H groups in total. The van der Waals surface area contributed by atoms with Crippen LogP contribution in [-0.2, 0) is 16.4 Å². The zero-order chi connectivity index (χ0) is 20.4. The van der Waals surface area contributed by atoms with Gasteiger partial charge in [0.05, 0.1) is 4.90 Å². The van der Waals surface area contributed by atoms with Gasteiger partial charge in [0.15, 0.2) is 0 Å². The minimum absolute atomic E-state index is 0.0775. The molecule has 1 amide bonds. The molecule has 0 aliphatic carbocycles. The van der Waals surface area contributed by atoms with Crippen LogP contribution < -0.4 is 10.0 Å². The van der Waals surface area contributed by atoms with Crippen LogP contribution in [0, 0.1) is 13.8 Å². The molecular formula is C21H28N2O3S. The lowest BCUT2D eigenvalue weighted by molar-refractivity contribution is 0.102. The number of anilines is 1. The molecule has 146 valence electrons. The largest absolute Gasteiger partial charge is 0.321 e. The van der Waals surface area contributed by atoms with Crippen LogP contribution in [0.2, 0.25) is 0 Å². The van der Waals surface area contributed by atoms with Crippen LogP contribution in [0.3, 0.4) is 0 Å². The Morgan fingerprint density at radius 1 is 1.04 bits per heavy atom. The van der Waals surface area contributed by atoms with E-state index in [1.54, 1.807) is 33.8 Å². The zero-order valence-electron chi connectivity index (χ0n) is 16.8. The summed E-state index contributed by atoms with van der Waals surface area (Å²) >= 11 is 0. The fraction of sp³-hybridized carbons (Fsp3) is 0.381. The maximum absolute atomic E-state index is 12.9. The molecule has 0 aromatic heterocycles. The van der Waals surface area contributed by atoms with E-state index >= 15 is 0 Å². The molecule has 0 aliphatic heterocycles. The van der Waals surface area contributed by atoms with Crippen molar-refractivity contribution >= 4 is 21.6 Å². The highest BCUT2D eigenvalue weighted by molar-refractivity contribution is 7.89. The van der Waals surface area contributed by atoms with Crippen molar-refractivity contribution in [2.24, 2.45) is 0 Å². The highest BCUT2D eigenvalue weighted by atomic mass is 32.2. The lowest BCUT2D eigenvalue weighted by atomic mass is 10.0.